The van der Waals surface area contributed by atoms with E-state index in [0.29, 0.717) is 6.04 Å². The van der Waals surface area contributed by atoms with Crippen molar-refractivity contribution in [2.24, 2.45) is 0 Å². The number of nitrogens with zero attached hydrogens (tertiary/aromatic N) is 2. The van der Waals surface area contributed by atoms with Gasteiger partial charge in [-0.25, -0.2) is 0 Å². The molecule has 0 saturated carbocycles. The van der Waals surface area contributed by atoms with Crippen LogP contribution < -0.4 is 4.90 Å². The summed E-state index contributed by atoms with van der Waals surface area (Å²) in [5, 5.41) is 9.18. The summed E-state index contributed by atoms with van der Waals surface area (Å²) in [4.78, 5) is 15.6. The van der Waals surface area contributed by atoms with Crippen LogP contribution in [-0.2, 0) is 4.79 Å². The minimum Gasteiger partial charge on any atom is -0.480 e. The van der Waals surface area contributed by atoms with E-state index in [1.807, 2.05) is 31.2 Å². The number of hydrogen-bond acceptors (Lipinski definition) is 3. The molecule has 0 spiro atoms. The standard InChI is InChI=1S/C16H24N2O2/c1-3-17-10-8-15(9-11-17)18(12-16(19)20)14-6-4-13(2)5-7-14/h4-7,15H,3,8-12H2,1-2H3,(H,19,20). The number of carbonyl (C=O) groups is 1. The molecule has 1 N–H and O–H groups in total. The van der Waals surface area contributed by atoms with Crippen molar-refractivity contribution in [1.82, 2.24) is 4.90 Å². The summed E-state index contributed by atoms with van der Waals surface area (Å²) >= 11 is 0. The highest BCUT2D eigenvalue weighted by Gasteiger charge is 2.25. The number of hydrogen-bond donors (Lipinski definition) is 1. The van der Waals surface area contributed by atoms with E-state index < -0.39 is 5.97 Å². The van der Waals surface area contributed by atoms with E-state index >= 15 is 0 Å². The molecular formula is C16H24N2O2. The second-order valence-electron chi connectivity index (χ2n) is 5.52. The van der Waals surface area contributed by atoms with Gasteiger partial charge in [-0.15, -0.1) is 0 Å². The number of carboxylic acids is 1. The topological polar surface area (TPSA) is 43.8 Å². The first-order valence-corrected chi connectivity index (χ1v) is 7.37. The fraction of sp³-hybridized carbons (Fsp3) is 0.562. The summed E-state index contributed by atoms with van der Waals surface area (Å²) in [6.07, 6.45) is 2.07. The molecule has 2 rings (SSSR count). The van der Waals surface area contributed by atoms with Crippen LogP contribution in [0.3, 0.4) is 0 Å². The number of carboxylic acid groups (broad SMARTS) is 1. The Morgan fingerprint density at radius 3 is 2.40 bits per heavy atom. The van der Waals surface area contributed by atoms with E-state index in [1.165, 1.54) is 5.56 Å². The lowest BCUT2D eigenvalue weighted by atomic mass is 10.0. The number of aryl methyl sites for hydroxylation is 1. The highest BCUT2D eigenvalue weighted by atomic mass is 16.4. The highest BCUT2D eigenvalue weighted by Crippen LogP contribution is 2.23. The van der Waals surface area contributed by atoms with Crippen LogP contribution >= 0.6 is 0 Å². The third-order valence-electron chi connectivity index (χ3n) is 4.12. The molecule has 0 amide bonds. The summed E-state index contributed by atoms with van der Waals surface area (Å²) in [7, 11) is 0. The van der Waals surface area contributed by atoms with Gasteiger partial charge in [0.25, 0.3) is 0 Å². The lowest BCUT2D eigenvalue weighted by molar-refractivity contribution is -0.135. The van der Waals surface area contributed by atoms with Crippen LogP contribution in [0.4, 0.5) is 5.69 Å². The molecule has 0 unspecified atom stereocenters. The Bertz CT molecular complexity index is 436. The van der Waals surface area contributed by atoms with Gasteiger partial charge in [-0.1, -0.05) is 24.6 Å². The zero-order valence-electron chi connectivity index (χ0n) is 12.4. The third-order valence-corrected chi connectivity index (χ3v) is 4.12. The van der Waals surface area contributed by atoms with Crippen LogP contribution in [0.25, 0.3) is 0 Å². The summed E-state index contributed by atoms with van der Waals surface area (Å²) in [5.41, 5.74) is 2.22. The molecule has 4 nitrogen and oxygen atoms in total. The highest BCUT2D eigenvalue weighted by molar-refractivity contribution is 5.74. The second kappa shape index (κ2) is 6.75. The molecule has 1 fully saturated rings. The Kier molecular flexibility index (Phi) is 5.01. The van der Waals surface area contributed by atoms with E-state index in [0.717, 1.165) is 38.2 Å². The Morgan fingerprint density at radius 2 is 1.90 bits per heavy atom. The van der Waals surface area contributed by atoms with E-state index in [1.54, 1.807) is 0 Å². The summed E-state index contributed by atoms with van der Waals surface area (Å²) < 4.78 is 0. The zero-order chi connectivity index (χ0) is 14.5. The van der Waals surface area contributed by atoms with Gasteiger partial charge in [-0.2, -0.15) is 0 Å². The molecule has 110 valence electrons. The average molecular weight is 276 g/mol. The van der Waals surface area contributed by atoms with E-state index in [4.69, 9.17) is 0 Å². The number of piperidine rings is 1. The first kappa shape index (κ1) is 14.9. The number of anilines is 1. The largest absolute Gasteiger partial charge is 0.480 e. The smallest absolute Gasteiger partial charge is 0.323 e. The molecule has 4 heteroatoms. The Hall–Kier alpha value is -1.55. The fourth-order valence-electron chi connectivity index (χ4n) is 2.86. The van der Waals surface area contributed by atoms with Crippen molar-refractivity contribution in [1.29, 1.82) is 0 Å². The van der Waals surface area contributed by atoms with Crippen molar-refractivity contribution in [2.45, 2.75) is 32.7 Å². The number of likely N-dealkylation sites (tertiary alicyclic amines) is 1. The third kappa shape index (κ3) is 3.73. The molecule has 1 heterocycles. The predicted octanol–water partition coefficient (Wildman–Crippen LogP) is 2.37. The van der Waals surface area contributed by atoms with Crippen molar-refractivity contribution in [3.05, 3.63) is 29.8 Å². The van der Waals surface area contributed by atoms with Crippen molar-refractivity contribution in [3.8, 4) is 0 Å². The Balaban J connectivity index is 2.11. The van der Waals surface area contributed by atoms with Gasteiger partial charge < -0.3 is 14.9 Å². The SMILES string of the molecule is CCN1CCC(N(CC(=O)O)c2ccc(C)cc2)CC1. The van der Waals surface area contributed by atoms with Crippen LogP contribution in [0.2, 0.25) is 0 Å². The first-order chi connectivity index (χ1) is 9.60. The molecule has 1 aromatic rings. The van der Waals surface area contributed by atoms with Gasteiger partial charge in [0.05, 0.1) is 0 Å². The maximum absolute atomic E-state index is 11.2. The molecule has 20 heavy (non-hydrogen) atoms. The number of benzene rings is 1. The summed E-state index contributed by atoms with van der Waals surface area (Å²) in [6.45, 7) is 7.50. The normalized spacial score (nSPS) is 17.1. The molecular weight excluding hydrogens is 252 g/mol. The van der Waals surface area contributed by atoms with Gasteiger partial charge in [-0.05, 0) is 38.4 Å². The van der Waals surface area contributed by atoms with Gasteiger partial charge >= 0.3 is 5.97 Å². The zero-order valence-corrected chi connectivity index (χ0v) is 12.4. The average Bonchev–Trinajstić information content (AvgIpc) is 2.46. The molecule has 1 saturated heterocycles. The van der Waals surface area contributed by atoms with Gasteiger partial charge in [0, 0.05) is 24.8 Å². The van der Waals surface area contributed by atoms with Crippen molar-refractivity contribution in [3.63, 3.8) is 0 Å². The van der Waals surface area contributed by atoms with Crippen LogP contribution in [0.1, 0.15) is 25.3 Å². The van der Waals surface area contributed by atoms with Gasteiger partial charge in [-0.3, -0.25) is 4.79 Å². The Morgan fingerprint density at radius 1 is 1.30 bits per heavy atom. The van der Waals surface area contributed by atoms with Crippen molar-refractivity contribution >= 4 is 11.7 Å². The van der Waals surface area contributed by atoms with E-state index in [9.17, 15) is 9.90 Å². The summed E-state index contributed by atoms with van der Waals surface area (Å²) in [5.74, 6) is -0.761. The molecule has 1 aromatic carbocycles. The van der Waals surface area contributed by atoms with Crippen molar-refractivity contribution < 1.29 is 9.90 Å². The maximum Gasteiger partial charge on any atom is 0.323 e. The lowest BCUT2D eigenvalue weighted by Crippen LogP contribution is -2.46. The molecule has 1 aliphatic rings. The monoisotopic (exact) mass is 276 g/mol. The van der Waals surface area contributed by atoms with E-state index in [-0.39, 0.29) is 6.54 Å². The summed E-state index contributed by atoms with van der Waals surface area (Å²) in [6, 6.07) is 8.49. The van der Waals surface area contributed by atoms with Crippen LogP contribution in [0, 0.1) is 6.92 Å². The minimum atomic E-state index is -0.761. The Labute approximate surface area is 121 Å². The maximum atomic E-state index is 11.2. The van der Waals surface area contributed by atoms with E-state index in [2.05, 4.69) is 16.7 Å². The van der Waals surface area contributed by atoms with Gasteiger partial charge in [0.15, 0.2) is 0 Å². The van der Waals surface area contributed by atoms with Crippen LogP contribution in [0.5, 0.6) is 0 Å². The molecule has 0 aliphatic carbocycles. The van der Waals surface area contributed by atoms with Gasteiger partial charge in [0.1, 0.15) is 6.54 Å². The second-order valence-corrected chi connectivity index (χ2v) is 5.52. The fourth-order valence-corrected chi connectivity index (χ4v) is 2.86. The molecule has 1 aliphatic heterocycles. The molecule has 0 aromatic heterocycles. The quantitative estimate of drug-likeness (QED) is 0.896. The number of aliphatic carboxylic acids is 1. The van der Waals surface area contributed by atoms with Gasteiger partial charge in [0.2, 0.25) is 0 Å². The van der Waals surface area contributed by atoms with Crippen molar-refractivity contribution in [2.75, 3.05) is 31.1 Å². The molecule has 0 atom stereocenters. The lowest BCUT2D eigenvalue weighted by Gasteiger charge is -2.38. The first-order valence-electron chi connectivity index (χ1n) is 7.37. The minimum absolute atomic E-state index is 0.0832. The molecule has 0 bridgehead atoms. The molecule has 0 radical (unpaired) electrons. The number of rotatable bonds is 5. The van der Waals surface area contributed by atoms with Crippen LogP contribution in [0.15, 0.2) is 24.3 Å². The predicted molar refractivity (Wildman–Crippen MR) is 81.3 cm³/mol. The van der Waals surface area contributed by atoms with Crippen LogP contribution in [-0.4, -0.2) is 48.2 Å².